The number of nitrogens with zero attached hydrogens (tertiary/aromatic N) is 1. The van der Waals surface area contributed by atoms with Crippen LogP contribution in [0.15, 0.2) is 24.3 Å². The molecule has 2 atom stereocenters. The highest BCUT2D eigenvalue weighted by Crippen LogP contribution is 2.33. The molecule has 4 nitrogen and oxygen atoms in total. The van der Waals surface area contributed by atoms with E-state index in [-0.39, 0.29) is 24.2 Å². The number of aliphatic hydroxyl groups excluding tert-OH is 1. The Bertz CT molecular complexity index is 484. The molecule has 0 saturated carbocycles. The lowest BCUT2D eigenvalue weighted by molar-refractivity contribution is -0.137. The first kappa shape index (κ1) is 12.8. The minimum absolute atomic E-state index is 0.101. The number of likely N-dealkylation sites (N-methyl/N-ethyl adjacent to an activating group) is 1. The minimum atomic E-state index is -0.665. The van der Waals surface area contributed by atoms with Crippen LogP contribution < -0.4 is 0 Å². The molecule has 96 valence electrons. The Morgan fingerprint density at radius 1 is 1.39 bits per heavy atom. The van der Waals surface area contributed by atoms with E-state index in [0.29, 0.717) is 6.42 Å². The summed E-state index contributed by atoms with van der Waals surface area (Å²) in [5, 5.41) is 10.2. The van der Waals surface area contributed by atoms with Crippen molar-refractivity contribution in [2.75, 3.05) is 7.05 Å². The third-order valence-electron chi connectivity index (χ3n) is 3.46. The van der Waals surface area contributed by atoms with Gasteiger partial charge in [0, 0.05) is 7.05 Å². The Hall–Kier alpha value is -1.68. The number of hydrogen-bond donors (Lipinski definition) is 1. The number of carbonyl (C=O) groups excluding carboxylic acids is 2. The van der Waals surface area contributed by atoms with Crippen LogP contribution in [0.1, 0.15) is 30.6 Å². The molecular weight excluding hydrogens is 230 g/mol. The van der Waals surface area contributed by atoms with E-state index in [1.807, 2.05) is 24.3 Å². The maximum absolute atomic E-state index is 11.8. The molecule has 0 heterocycles. The van der Waals surface area contributed by atoms with Gasteiger partial charge in [-0.3, -0.25) is 9.59 Å². The van der Waals surface area contributed by atoms with Crippen LogP contribution in [-0.4, -0.2) is 34.8 Å². The molecule has 1 N–H and O–H groups in total. The summed E-state index contributed by atoms with van der Waals surface area (Å²) < 4.78 is 0. The first-order chi connectivity index (χ1) is 8.50. The highest BCUT2D eigenvalue weighted by atomic mass is 16.3. The second-order valence-electron chi connectivity index (χ2n) is 4.80. The van der Waals surface area contributed by atoms with Crippen LogP contribution in [0.5, 0.6) is 0 Å². The predicted octanol–water partition coefficient (Wildman–Crippen LogP) is 1.08. The molecule has 2 unspecified atom stereocenters. The molecule has 1 aromatic carbocycles. The third kappa shape index (κ3) is 2.29. The maximum Gasteiger partial charge on any atom is 0.230 e. The molecule has 0 saturated heterocycles. The second kappa shape index (κ2) is 4.90. The topological polar surface area (TPSA) is 57.6 Å². The zero-order valence-electron chi connectivity index (χ0n) is 10.6. The summed E-state index contributed by atoms with van der Waals surface area (Å²) in [6, 6.07) is 7.37. The zero-order chi connectivity index (χ0) is 13.3. The molecule has 18 heavy (non-hydrogen) atoms. The molecule has 4 heteroatoms. The average molecular weight is 247 g/mol. The summed E-state index contributed by atoms with van der Waals surface area (Å²) in [5.41, 5.74) is 1.95. The van der Waals surface area contributed by atoms with Crippen molar-refractivity contribution in [2.45, 2.75) is 31.9 Å². The monoisotopic (exact) mass is 247 g/mol. The zero-order valence-corrected chi connectivity index (χ0v) is 10.6. The Morgan fingerprint density at radius 2 is 2.06 bits per heavy atom. The molecule has 1 aromatic rings. The smallest absolute Gasteiger partial charge is 0.230 e. The fourth-order valence-electron chi connectivity index (χ4n) is 2.42. The van der Waals surface area contributed by atoms with Gasteiger partial charge in [0.1, 0.15) is 5.78 Å². The lowest BCUT2D eigenvalue weighted by Gasteiger charge is -2.27. The third-order valence-corrected chi connectivity index (χ3v) is 3.46. The average Bonchev–Trinajstić information content (AvgIpc) is 2.66. The van der Waals surface area contributed by atoms with Gasteiger partial charge in [0.25, 0.3) is 0 Å². The Balaban J connectivity index is 2.13. The van der Waals surface area contributed by atoms with E-state index in [0.717, 1.165) is 11.1 Å². The number of Topliss-reactive ketones (excluding diaryl/α,β-unsaturated/α-hetero) is 1. The lowest BCUT2D eigenvalue weighted by atomic mass is 10.1. The Morgan fingerprint density at radius 3 is 2.67 bits per heavy atom. The van der Waals surface area contributed by atoms with Crippen LogP contribution in [0.2, 0.25) is 0 Å². The summed E-state index contributed by atoms with van der Waals surface area (Å²) in [7, 11) is 1.64. The highest BCUT2D eigenvalue weighted by molar-refractivity contribution is 5.96. The minimum Gasteiger partial charge on any atom is -0.386 e. The standard InChI is InChI=1S/C14H17NO3/c1-9(16)7-13(17)15(2)12-8-10-5-3-4-6-11(10)14(12)18/h3-6,12,14,18H,7-8H2,1-2H3. The van der Waals surface area contributed by atoms with Crippen molar-refractivity contribution < 1.29 is 14.7 Å². The van der Waals surface area contributed by atoms with Gasteiger partial charge in [-0.2, -0.15) is 0 Å². The molecule has 0 spiro atoms. The summed E-state index contributed by atoms with van der Waals surface area (Å²) >= 11 is 0. The second-order valence-corrected chi connectivity index (χ2v) is 4.80. The van der Waals surface area contributed by atoms with Crippen LogP contribution in [0.3, 0.4) is 0 Å². The van der Waals surface area contributed by atoms with E-state index >= 15 is 0 Å². The van der Waals surface area contributed by atoms with Gasteiger partial charge < -0.3 is 10.0 Å². The SMILES string of the molecule is CC(=O)CC(=O)N(C)C1Cc2ccccc2C1O. The summed E-state index contributed by atoms with van der Waals surface area (Å²) in [5.74, 6) is -0.392. The van der Waals surface area contributed by atoms with E-state index in [1.165, 1.54) is 11.8 Å². The van der Waals surface area contributed by atoms with Crippen molar-refractivity contribution in [2.24, 2.45) is 0 Å². The van der Waals surface area contributed by atoms with E-state index in [1.54, 1.807) is 7.05 Å². The number of carbonyl (C=O) groups is 2. The number of hydrogen-bond acceptors (Lipinski definition) is 3. The number of amides is 1. The van der Waals surface area contributed by atoms with Gasteiger partial charge in [0.15, 0.2) is 0 Å². The quantitative estimate of drug-likeness (QED) is 0.813. The van der Waals surface area contributed by atoms with Crippen molar-refractivity contribution in [1.29, 1.82) is 0 Å². The molecule has 2 rings (SSSR count). The largest absolute Gasteiger partial charge is 0.386 e. The van der Waals surface area contributed by atoms with E-state index < -0.39 is 6.10 Å². The van der Waals surface area contributed by atoms with Crippen molar-refractivity contribution >= 4 is 11.7 Å². The van der Waals surface area contributed by atoms with Gasteiger partial charge >= 0.3 is 0 Å². The van der Waals surface area contributed by atoms with E-state index in [4.69, 9.17) is 0 Å². The van der Waals surface area contributed by atoms with Crippen LogP contribution >= 0.6 is 0 Å². The lowest BCUT2D eigenvalue weighted by Crippen LogP contribution is -2.40. The van der Waals surface area contributed by atoms with Crippen LogP contribution in [-0.2, 0) is 16.0 Å². The fourth-order valence-corrected chi connectivity index (χ4v) is 2.42. The molecule has 0 aliphatic heterocycles. The molecule has 0 radical (unpaired) electrons. The Kier molecular flexibility index (Phi) is 3.48. The number of rotatable bonds is 3. The summed E-state index contributed by atoms with van der Waals surface area (Å²) in [6.45, 7) is 1.39. The van der Waals surface area contributed by atoms with Gasteiger partial charge in [-0.25, -0.2) is 0 Å². The van der Waals surface area contributed by atoms with Gasteiger partial charge in [-0.1, -0.05) is 24.3 Å². The van der Waals surface area contributed by atoms with E-state index in [9.17, 15) is 14.7 Å². The van der Waals surface area contributed by atoms with Crippen molar-refractivity contribution in [3.8, 4) is 0 Å². The Labute approximate surface area is 106 Å². The molecule has 1 amide bonds. The van der Waals surface area contributed by atoms with Gasteiger partial charge in [0.05, 0.1) is 18.6 Å². The number of ketones is 1. The fraction of sp³-hybridized carbons (Fsp3) is 0.429. The number of fused-ring (bicyclic) bond motifs is 1. The number of aliphatic hydroxyl groups is 1. The molecule has 1 aliphatic rings. The number of benzene rings is 1. The van der Waals surface area contributed by atoms with Crippen LogP contribution in [0.4, 0.5) is 0 Å². The van der Waals surface area contributed by atoms with E-state index in [2.05, 4.69) is 0 Å². The van der Waals surface area contributed by atoms with Crippen molar-refractivity contribution in [1.82, 2.24) is 4.90 Å². The predicted molar refractivity (Wildman–Crippen MR) is 67.0 cm³/mol. The summed E-state index contributed by atoms with van der Waals surface area (Å²) in [6.07, 6.45) is -0.129. The van der Waals surface area contributed by atoms with Gasteiger partial charge in [-0.15, -0.1) is 0 Å². The maximum atomic E-state index is 11.8. The summed E-state index contributed by atoms with van der Waals surface area (Å²) in [4.78, 5) is 24.3. The van der Waals surface area contributed by atoms with Crippen molar-refractivity contribution in [3.05, 3.63) is 35.4 Å². The normalized spacial score (nSPS) is 21.5. The molecule has 0 bridgehead atoms. The molecular formula is C14H17NO3. The molecule has 1 aliphatic carbocycles. The molecule has 0 aromatic heterocycles. The van der Waals surface area contributed by atoms with Crippen LogP contribution in [0.25, 0.3) is 0 Å². The highest BCUT2D eigenvalue weighted by Gasteiger charge is 2.35. The van der Waals surface area contributed by atoms with Crippen LogP contribution in [0, 0.1) is 0 Å². The van der Waals surface area contributed by atoms with Gasteiger partial charge in [0.2, 0.25) is 5.91 Å². The first-order valence-corrected chi connectivity index (χ1v) is 6.01. The molecule has 0 fully saturated rings. The van der Waals surface area contributed by atoms with Gasteiger partial charge in [-0.05, 0) is 24.5 Å². The van der Waals surface area contributed by atoms with Crippen molar-refractivity contribution in [3.63, 3.8) is 0 Å². The first-order valence-electron chi connectivity index (χ1n) is 6.01.